The maximum atomic E-state index is 12.7. The molecule has 0 N–H and O–H groups in total. The molecule has 2 rings (SSSR count). The van der Waals surface area contributed by atoms with Crippen LogP contribution in [0.4, 0.5) is 8.78 Å². The molecule has 1 heterocycles. The molecule has 0 unspecified atom stereocenters. The second kappa shape index (κ2) is 2.83. The minimum atomic E-state index is -3.51. The molecular formula is C10H10F2O2. The van der Waals surface area contributed by atoms with Crippen molar-refractivity contribution in [3.05, 3.63) is 23.3 Å². The lowest BCUT2D eigenvalue weighted by atomic mass is 10.1. The predicted octanol–water partition coefficient (Wildman–Crippen LogP) is 2.88. The summed E-state index contributed by atoms with van der Waals surface area (Å²) in [5.41, 5.74) is 1.93. The lowest BCUT2D eigenvalue weighted by Crippen LogP contribution is -2.25. The number of fused-ring (bicyclic) bond motifs is 1. The van der Waals surface area contributed by atoms with Crippen molar-refractivity contribution in [2.24, 2.45) is 0 Å². The Morgan fingerprint density at radius 1 is 1.21 bits per heavy atom. The van der Waals surface area contributed by atoms with Crippen LogP contribution in [0.25, 0.3) is 0 Å². The highest BCUT2D eigenvalue weighted by molar-refractivity contribution is 5.48. The van der Waals surface area contributed by atoms with E-state index >= 15 is 0 Å². The molecular weight excluding hydrogens is 190 g/mol. The lowest BCUT2D eigenvalue weighted by Gasteiger charge is -2.04. The number of aryl methyl sites for hydroxylation is 2. The van der Waals surface area contributed by atoms with Crippen molar-refractivity contribution in [2.45, 2.75) is 26.6 Å². The fourth-order valence-corrected chi connectivity index (χ4v) is 1.52. The monoisotopic (exact) mass is 200 g/mol. The first kappa shape index (κ1) is 9.24. The van der Waals surface area contributed by atoms with E-state index in [1.807, 2.05) is 13.8 Å². The van der Waals surface area contributed by atoms with Crippen LogP contribution in [0.15, 0.2) is 12.1 Å². The molecule has 0 amide bonds. The number of benzene rings is 1. The van der Waals surface area contributed by atoms with Crippen molar-refractivity contribution in [1.82, 2.24) is 0 Å². The molecule has 0 fully saturated rings. The molecule has 0 atom stereocenters. The topological polar surface area (TPSA) is 18.5 Å². The van der Waals surface area contributed by atoms with Crippen LogP contribution in [0.5, 0.6) is 11.5 Å². The maximum absolute atomic E-state index is 12.7. The third-order valence-corrected chi connectivity index (χ3v) is 2.24. The quantitative estimate of drug-likeness (QED) is 0.693. The molecule has 0 saturated carbocycles. The molecule has 0 bridgehead atoms. The van der Waals surface area contributed by atoms with Gasteiger partial charge < -0.3 is 9.47 Å². The number of hydrogen-bond donors (Lipinski definition) is 0. The number of alkyl halides is 2. The van der Waals surface area contributed by atoms with Crippen LogP contribution in [0.3, 0.4) is 0 Å². The van der Waals surface area contributed by atoms with Crippen LogP contribution in [-0.2, 0) is 6.42 Å². The predicted molar refractivity (Wildman–Crippen MR) is 46.8 cm³/mol. The Kier molecular flexibility index (Phi) is 1.87. The summed E-state index contributed by atoms with van der Waals surface area (Å²) in [6.45, 7) is 3.82. The van der Waals surface area contributed by atoms with Gasteiger partial charge in [-0.1, -0.05) is 6.92 Å². The lowest BCUT2D eigenvalue weighted by molar-refractivity contribution is -0.286. The summed E-state index contributed by atoms with van der Waals surface area (Å²) in [6.07, 6.45) is -2.73. The summed E-state index contributed by atoms with van der Waals surface area (Å²) in [6, 6.07) is 3.18. The average Bonchev–Trinajstić information content (AvgIpc) is 2.36. The van der Waals surface area contributed by atoms with Gasteiger partial charge in [0.05, 0.1) is 0 Å². The minimum absolute atomic E-state index is 0.115. The molecule has 2 nitrogen and oxygen atoms in total. The molecule has 0 radical (unpaired) electrons. The van der Waals surface area contributed by atoms with Gasteiger partial charge in [-0.15, -0.1) is 8.78 Å². The summed E-state index contributed by atoms with van der Waals surface area (Å²) in [7, 11) is 0. The first-order chi connectivity index (χ1) is 6.52. The third-order valence-electron chi connectivity index (χ3n) is 2.24. The molecule has 1 aromatic carbocycles. The number of hydrogen-bond acceptors (Lipinski definition) is 2. The minimum Gasteiger partial charge on any atom is -0.395 e. The van der Waals surface area contributed by atoms with E-state index in [2.05, 4.69) is 9.47 Å². The number of halogens is 2. The van der Waals surface area contributed by atoms with Crippen LogP contribution >= 0.6 is 0 Å². The summed E-state index contributed by atoms with van der Waals surface area (Å²) in [5.74, 6) is 0.238. The van der Waals surface area contributed by atoms with Gasteiger partial charge in [-0.3, -0.25) is 0 Å². The second-order valence-electron chi connectivity index (χ2n) is 3.25. The zero-order valence-corrected chi connectivity index (χ0v) is 7.93. The molecule has 4 heteroatoms. The van der Waals surface area contributed by atoms with Crippen molar-refractivity contribution >= 4 is 0 Å². The van der Waals surface area contributed by atoms with Crippen molar-refractivity contribution in [3.8, 4) is 11.5 Å². The van der Waals surface area contributed by atoms with Crippen molar-refractivity contribution in [1.29, 1.82) is 0 Å². The fraction of sp³-hybridized carbons (Fsp3) is 0.400. The van der Waals surface area contributed by atoms with Crippen molar-refractivity contribution < 1.29 is 18.3 Å². The van der Waals surface area contributed by atoms with E-state index in [4.69, 9.17) is 0 Å². The van der Waals surface area contributed by atoms with E-state index < -0.39 is 6.29 Å². The van der Waals surface area contributed by atoms with E-state index in [9.17, 15) is 8.78 Å². The molecule has 76 valence electrons. The highest BCUT2D eigenvalue weighted by Crippen LogP contribution is 2.42. The third kappa shape index (κ3) is 1.41. The van der Waals surface area contributed by atoms with Gasteiger partial charge in [-0.25, -0.2) is 0 Å². The molecule has 0 spiro atoms. The Bertz CT molecular complexity index is 375. The van der Waals surface area contributed by atoms with E-state index in [0.717, 1.165) is 17.5 Å². The summed E-state index contributed by atoms with van der Waals surface area (Å²) >= 11 is 0. The molecule has 0 aliphatic carbocycles. The number of rotatable bonds is 1. The smallest absolute Gasteiger partial charge is 0.395 e. The van der Waals surface area contributed by atoms with Crippen LogP contribution in [0.2, 0.25) is 0 Å². The van der Waals surface area contributed by atoms with Gasteiger partial charge in [0, 0.05) is 0 Å². The van der Waals surface area contributed by atoms with Gasteiger partial charge in [0.2, 0.25) is 0 Å². The van der Waals surface area contributed by atoms with E-state index in [1.54, 1.807) is 12.1 Å². The highest BCUT2D eigenvalue weighted by Gasteiger charge is 2.43. The Labute approximate surface area is 80.4 Å². The molecule has 1 aliphatic rings. The zero-order chi connectivity index (χ0) is 10.3. The van der Waals surface area contributed by atoms with Crippen LogP contribution in [0, 0.1) is 6.92 Å². The highest BCUT2D eigenvalue weighted by atomic mass is 19.3. The van der Waals surface area contributed by atoms with Gasteiger partial charge in [-0.05, 0) is 36.6 Å². The van der Waals surface area contributed by atoms with Crippen LogP contribution in [-0.4, -0.2) is 6.29 Å². The molecule has 0 saturated heterocycles. The largest absolute Gasteiger partial charge is 0.586 e. The Morgan fingerprint density at radius 2 is 1.79 bits per heavy atom. The molecule has 0 aromatic heterocycles. The maximum Gasteiger partial charge on any atom is 0.586 e. The second-order valence-corrected chi connectivity index (χ2v) is 3.25. The SMILES string of the molecule is CCc1cc2c(cc1C)OC(F)(F)O2. The summed E-state index contributed by atoms with van der Waals surface area (Å²) in [4.78, 5) is 0. The van der Waals surface area contributed by atoms with E-state index in [1.165, 1.54) is 0 Å². The van der Waals surface area contributed by atoms with Crippen molar-refractivity contribution in [2.75, 3.05) is 0 Å². The van der Waals surface area contributed by atoms with E-state index in [0.29, 0.717) is 0 Å². The van der Waals surface area contributed by atoms with Gasteiger partial charge in [0.1, 0.15) is 0 Å². The Balaban J connectivity index is 2.44. The summed E-state index contributed by atoms with van der Waals surface area (Å²) < 4.78 is 34.0. The zero-order valence-electron chi connectivity index (χ0n) is 7.93. The first-order valence-corrected chi connectivity index (χ1v) is 4.41. The van der Waals surface area contributed by atoms with Gasteiger partial charge in [0.25, 0.3) is 0 Å². The van der Waals surface area contributed by atoms with Gasteiger partial charge in [-0.2, -0.15) is 0 Å². The summed E-state index contributed by atoms with van der Waals surface area (Å²) in [5, 5.41) is 0. The Hall–Kier alpha value is -1.32. The Morgan fingerprint density at radius 3 is 2.36 bits per heavy atom. The molecule has 1 aliphatic heterocycles. The van der Waals surface area contributed by atoms with Gasteiger partial charge in [0.15, 0.2) is 11.5 Å². The molecule has 14 heavy (non-hydrogen) atoms. The van der Waals surface area contributed by atoms with Crippen LogP contribution in [0.1, 0.15) is 18.1 Å². The van der Waals surface area contributed by atoms with Gasteiger partial charge >= 0.3 is 6.29 Å². The average molecular weight is 200 g/mol. The standard InChI is InChI=1S/C10H10F2O2/c1-3-7-5-9-8(4-6(7)2)13-10(11,12)14-9/h4-5H,3H2,1-2H3. The van der Waals surface area contributed by atoms with E-state index in [-0.39, 0.29) is 11.5 Å². The normalized spacial score (nSPS) is 17.1. The fourth-order valence-electron chi connectivity index (χ4n) is 1.52. The number of ether oxygens (including phenoxy) is 2. The first-order valence-electron chi connectivity index (χ1n) is 4.41. The van der Waals surface area contributed by atoms with Crippen LogP contribution < -0.4 is 9.47 Å². The van der Waals surface area contributed by atoms with Crippen molar-refractivity contribution in [3.63, 3.8) is 0 Å². The molecule has 1 aromatic rings.